The second kappa shape index (κ2) is 9.00. The van der Waals surface area contributed by atoms with E-state index >= 15 is 0 Å². The molecule has 1 fully saturated rings. The van der Waals surface area contributed by atoms with Gasteiger partial charge >= 0.3 is 6.03 Å². The van der Waals surface area contributed by atoms with E-state index in [0.29, 0.717) is 17.2 Å². The Hall–Kier alpha value is -2.44. The Balaban J connectivity index is 1.79. The molecule has 7 heteroatoms. The molecule has 0 spiro atoms. The number of hydrogen-bond acceptors (Lipinski definition) is 4. The summed E-state index contributed by atoms with van der Waals surface area (Å²) in [6.45, 7) is -0.103. The van der Waals surface area contributed by atoms with Crippen LogP contribution in [0.4, 0.5) is 10.5 Å². The van der Waals surface area contributed by atoms with Gasteiger partial charge in [-0.2, -0.15) is 0 Å². The zero-order valence-electron chi connectivity index (χ0n) is 14.2. The van der Waals surface area contributed by atoms with Crippen LogP contribution in [0.25, 0.3) is 0 Å². The predicted molar refractivity (Wildman–Crippen MR) is 91.6 cm³/mol. The van der Waals surface area contributed by atoms with Gasteiger partial charge in [0.05, 0.1) is 26.5 Å². The average molecular weight is 335 g/mol. The van der Waals surface area contributed by atoms with Gasteiger partial charge in [-0.3, -0.25) is 4.79 Å². The topological polar surface area (TPSA) is 88.7 Å². The fraction of sp³-hybridized carbons (Fsp3) is 0.529. The van der Waals surface area contributed by atoms with E-state index in [2.05, 4.69) is 16.0 Å². The van der Waals surface area contributed by atoms with Crippen LogP contribution in [0.1, 0.15) is 32.1 Å². The van der Waals surface area contributed by atoms with Crippen molar-refractivity contribution < 1.29 is 19.1 Å². The number of benzene rings is 1. The summed E-state index contributed by atoms with van der Waals surface area (Å²) >= 11 is 0. The number of anilines is 1. The molecule has 7 nitrogen and oxygen atoms in total. The standard InChI is InChI=1S/C17H25N3O4/c1-23-13-8-9-14(15(10-13)24-2)20-16(21)11-18-17(22)19-12-6-4-3-5-7-12/h8-10,12H,3-7,11H2,1-2H3,(H,20,21)(H2,18,19,22). The first-order valence-corrected chi connectivity index (χ1v) is 8.18. The van der Waals surface area contributed by atoms with Gasteiger partial charge in [-0.15, -0.1) is 0 Å². The number of methoxy groups -OCH3 is 2. The van der Waals surface area contributed by atoms with E-state index in [9.17, 15) is 9.59 Å². The summed E-state index contributed by atoms with van der Waals surface area (Å²) in [5.74, 6) is 0.807. The summed E-state index contributed by atoms with van der Waals surface area (Å²) in [6, 6.07) is 5.00. The lowest BCUT2D eigenvalue weighted by molar-refractivity contribution is -0.115. The van der Waals surface area contributed by atoms with Crippen LogP contribution in [0.15, 0.2) is 18.2 Å². The van der Waals surface area contributed by atoms with E-state index in [0.717, 1.165) is 25.7 Å². The molecule has 3 amide bonds. The predicted octanol–water partition coefficient (Wildman–Crippen LogP) is 2.27. The first kappa shape index (κ1) is 17.9. The molecule has 0 radical (unpaired) electrons. The first-order valence-electron chi connectivity index (χ1n) is 8.18. The van der Waals surface area contributed by atoms with Crippen LogP contribution in [-0.2, 0) is 4.79 Å². The van der Waals surface area contributed by atoms with Gasteiger partial charge in [-0.25, -0.2) is 4.79 Å². The molecule has 0 aromatic heterocycles. The molecular formula is C17H25N3O4. The third-order valence-electron chi connectivity index (χ3n) is 4.03. The number of carbonyl (C=O) groups excluding carboxylic acids is 2. The molecule has 3 N–H and O–H groups in total. The van der Waals surface area contributed by atoms with Crippen molar-refractivity contribution in [2.24, 2.45) is 0 Å². The zero-order chi connectivity index (χ0) is 17.4. The quantitative estimate of drug-likeness (QED) is 0.744. The summed E-state index contributed by atoms with van der Waals surface area (Å²) < 4.78 is 10.3. The number of carbonyl (C=O) groups is 2. The number of amides is 3. The van der Waals surface area contributed by atoms with Crippen molar-refractivity contribution in [1.82, 2.24) is 10.6 Å². The molecule has 0 heterocycles. The fourth-order valence-corrected chi connectivity index (χ4v) is 2.74. The lowest BCUT2D eigenvalue weighted by Crippen LogP contribution is -2.45. The van der Waals surface area contributed by atoms with Gasteiger partial charge in [0.25, 0.3) is 0 Å². The minimum Gasteiger partial charge on any atom is -0.497 e. The van der Waals surface area contributed by atoms with Crippen LogP contribution >= 0.6 is 0 Å². The normalized spacial score (nSPS) is 14.6. The largest absolute Gasteiger partial charge is 0.497 e. The van der Waals surface area contributed by atoms with Crippen LogP contribution in [0.2, 0.25) is 0 Å². The minimum atomic E-state index is -0.322. The van der Waals surface area contributed by atoms with Crippen LogP contribution in [0.3, 0.4) is 0 Å². The van der Waals surface area contributed by atoms with Gasteiger partial charge in [-0.05, 0) is 25.0 Å². The van der Waals surface area contributed by atoms with Crippen LogP contribution in [0, 0.1) is 0 Å². The maximum Gasteiger partial charge on any atom is 0.315 e. The van der Waals surface area contributed by atoms with Crippen molar-refractivity contribution in [3.05, 3.63) is 18.2 Å². The minimum absolute atomic E-state index is 0.103. The van der Waals surface area contributed by atoms with Crippen LogP contribution in [-0.4, -0.2) is 38.7 Å². The molecule has 1 aromatic rings. The second-order valence-electron chi connectivity index (χ2n) is 5.78. The fourth-order valence-electron chi connectivity index (χ4n) is 2.74. The van der Waals surface area contributed by atoms with E-state index in [1.54, 1.807) is 25.3 Å². The monoisotopic (exact) mass is 335 g/mol. The lowest BCUT2D eigenvalue weighted by Gasteiger charge is -2.22. The molecular weight excluding hydrogens is 310 g/mol. The van der Waals surface area contributed by atoms with Gasteiger partial charge in [0.2, 0.25) is 5.91 Å². The molecule has 1 aliphatic carbocycles. The maximum absolute atomic E-state index is 12.0. The van der Waals surface area contributed by atoms with E-state index in [1.807, 2.05) is 0 Å². The number of rotatable bonds is 6. The number of ether oxygens (including phenoxy) is 2. The molecule has 0 saturated heterocycles. The summed E-state index contributed by atoms with van der Waals surface area (Å²) in [5.41, 5.74) is 0.526. The summed E-state index contributed by atoms with van der Waals surface area (Å²) in [7, 11) is 3.07. The number of nitrogens with one attached hydrogen (secondary N) is 3. The van der Waals surface area contributed by atoms with Crippen molar-refractivity contribution in [3.63, 3.8) is 0 Å². The van der Waals surface area contributed by atoms with E-state index in [-0.39, 0.29) is 24.5 Å². The van der Waals surface area contributed by atoms with Gasteiger partial charge in [0, 0.05) is 12.1 Å². The lowest BCUT2D eigenvalue weighted by atomic mass is 9.96. The van der Waals surface area contributed by atoms with Crippen LogP contribution in [0.5, 0.6) is 11.5 Å². The second-order valence-corrected chi connectivity index (χ2v) is 5.78. The average Bonchev–Trinajstić information content (AvgIpc) is 2.61. The van der Waals surface area contributed by atoms with Crippen molar-refractivity contribution in [2.45, 2.75) is 38.1 Å². The molecule has 0 atom stereocenters. The van der Waals surface area contributed by atoms with Crippen molar-refractivity contribution in [2.75, 3.05) is 26.1 Å². The maximum atomic E-state index is 12.0. The van der Waals surface area contributed by atoms with Gasteiger partial charge in [0.15, 0.2) is 0 Å². The van der Waals surface area contributed by atoms with E-state index in [4.69, 9.17) is 9.47 Å². The highest BCUT2D eigenvalue weighted by Gasteiger charge is 2.16. The van der Waals surface area contributed by atoms with E-state index in [1.165, 1.54) is 13.5 Å². The van der Waals surface area contributed by atoms with E-state index < -0.39 is 0 Å². The summed E-state index contributed by atoms with van der Waals surface area (Å²) in [6.07, 6.45) is 5.52. The summed E-state index contributed by atoms with van der Waals surface area (Å²) in [4.78, 5) is 23.8. The van der Waals surface area contributed by atoms with Gasteiger partial charge in [-0.1, -0.05) is 19.3 Å². The third-order valence-corrected chi connectivity index (χ3v) is 4.03. The number of hydrogen-bond donors (Lipinski definition) is 3. The highest BCUT2D eigenvalue weighted by molar-refractivity contribution is 5.95. The van der Waals surface area contributed by atoms with Crippen molar-refractivity contribution in [1.29, 1.82) is 0 Å². The Kier molecular flexibility index (Phi) is 6.72. The number of urea groups is 1. The molecule has 1 saturated carbocycles. The Morgan fingerprint density at radius 1 is 1.12 bits per heavy atom. The molecule has 1 aromatic carbocycles. The smallest absolute Gasteiger partial charge is 0.315 e. The Bertz CT molecular complexity index is 571. The van der Waals surface area contributed by atoms with Crippen LogP contribution < -0.4 is 25.4 Å². The molecule has 24 heavy (non-hydrogen) atoms. The molecule has 0 aliphatic heterocycles. The van der Waals surface area contributed by atoms with Crippen molar-refractivity contribution in [3.8, 4) is 11.5 Å². The Labute approximate surface area is 142 Å². The first-order chi connectivity index (χ1) is 11.6. The molecule has 132 valence electrons. The molecule has 0 unspecified atom stereocenters. The van der Waals surface area contributed by atoms with Gasteiger partial charge in [0.1, 0.15) is 11.5 Å². The highest BCUT2D eigenvalue weighted by Crippen LogP contribution is 2.28. The van der Waals surface area contributed by atoms with Crippen molar-refractivity contribution >= 4 is 17.6 Å². The highest BCUT2D eigenvalue weighted by atomic mass is 16.5. The molecule has 1 aliphatic rings. The zero-order valence-corrected chi connectivity index (χ0v) is 14.2. The molecule has 2 rings (SSSR count). The Morgan fingerprint density at radius 3 is 2.54 bits per heavy atom. The molecule has 0 bridgehead atoms. The summed E-state index contributed by atoms with van der Waals surface area (Å²) in [5, 5.41) is 8.20. The van der Waals surface area contributed by atoms with Gasteiger partial charge < -0.3 is 25.4 Å². The SMILES string of the molecule is COc1ccc(NC(=O)CNC(=O)NC2CCCCC2)c(OC)c1. The third kappa shape index (κ3) is 5.33. The Morgan fingerprint density at radius 2 is 1.88 bits per heavy atom.